The summed E-state index contributed by atoms with van der Waals surface area (Å²) in [5.74, 6) is 1.72. The highest BCUT2D eigenvalue weighted by atomic mass is 16.3. The van der Waals surface area contributed by atoms with E-state index < -0.39 is 0 Å². The quantitative estimate of drug-likeness (QED) is 0.803. The summed E-state index contributed by atoms with van der Waals surface area (Å²) < 4.78 is 0. The van der Waals surface area contributed by atoms with Crippen molar-refractivity contribution < 1.29 is 9.90 Å². The summed E-state index contributed by atoms with van der Waals surface area (Å²) in [6, 6.07) is 0.281. The highest BCUT2D eigenvalue weighted by molar-refractivity contribution is 5.79. The van der Waals surface area contributed by atoms with Crippen molar-refractivity contribution in [3.05, 3.63) is 0 Å². The molecule has 1 heterocycles. The topological polar surface area (TPSA) is 66.6 Å². The predicted molar refractivity (Wildman–Crippen MR) is 77.9 cm³/mol. The Morgan fingerprint density at radius 2 is 2.05 bits per heavy atom. The lowest BCUT2D eigenvalue weighted by molar-refractivity contribution is -0.136. The maximum atomic E-state index is 12.7. The first-order valence-corrected chi connectivity index (χ1v) is 8.28. The Hall–Kier alpha value is -0.610. The van der Waals surface area contributed by atoms with Gasteiger partial charge in [0.05, 0.1) is 6.10 Å². The van der Waals surface area contributed by atoms with Crippen LogP contribution in [0.3, 0.4) is 0 Å². The number of nitrogens with two attached hydrogens (primary N) is 1. The largest absolute Gasteiger partial charge is 0.393 e. The van der Waals surface area contributed by atoms with E-state index in [1.54, 1.807) is 0 Å². The van der Waals surface area contributed by atoms with Gasteiger partial charge in [-0.3, -0.25) is 4.79 Å². The minimum absolute atomic E-state index is 0.0947. The Bertz CT molecular complexity index is 369. The van der Waals surface area contributed by atoms with Crippen molar-refractivity contribution in [2.24, 2.45) is 29.4 Å². The summed E-state index contributed by atoms with van der Waals surface area (Å²) in [6.45, 7) is 3.72. The van der Waals surface area contributed by atoms with E-state index in [9.17, 15) is 9.90 Å². The summed E-state index contributed by atoms with van der Waals surface area (Å²) in [5, 5.41) is 9.97. The SMILES string of the molecule is CC(C(=O)N1CC2CCC(O)C2C1)C1CCCC(N)C1. The van der Waals surface area contributed by atoms with Gasteiger partial charge in [0.25, 0.3) is 0 Å². The van der Waals surface area contributed by atoms with Gasteiger partial charge in [0.2, 0.25) is 5.91 Å². The van der Waals surface area contributed by atoms with Crippen molar-refractivity contribution in [1.29, 1.82) is 0 Å². The van der Waals surface area contributed by atoms with Gasteiger partial charge in [-0.2, -0.15) is 0 Å². The minimum atomic E-state index is -0.184. The summed E-state index contributed by atoms with van der Waals surface area (Å²) in [5.41, 5.74) is 6.05. The average Bonchev–Trinajstić information content (AvgIpc) is 3.00. The molecule has 1 amide bonds. The molecular formula is C16H28N2O2. The molecule has 3 N–H and O–H groups in total. The van der Waals surface area contributed by atoms with Gasteiger partial charge in [-0.25, -0.2) is 0 Å². The molecule has 3 aliphatic rings. The molecule has 6 unspecified atom stereocenters. The van der Waals surface area contributed by atoms with Gasteiger partial charge >= 0.3 is 0 Å². The van der Waals surface area contributed by atoms with Crippen molar-refractivity contribution >= 4 is 5.91 Å². The van der Waals surface area contributed by atoms with Gasteiger partial charge in [-0.15, -0.1) is 0 Å². The van der Waals surface area contributed by atoms with Crippen molar-refractivity contribution in [3.63, 3.8) is 0 Å². The van der Waals surface area contributed by atoms with Gasteiger partial charge in [-0.1, -0.05) is 13.3 Å². The molecule has 4 nitrogen and oxygen atoms in total. The van der Waals surface area contributed by atoms with Crippen LogP contribution in [0.2, 0.25) is 0 Å². The summed E-state index contributed by atoms with van der Waals surface area (Å²) in [4.78, 5) is 14.7. The standard InChI is InChI=1S/C16H28N2O2/c1-10(11-3-2-4-13(17)7-11)16(20)18-8-12-5-6-15(19)14(12)9-18/h10-15,19H,2-9,17H2,1H3. The lowest BCUT2D eigenvalue weighted by atomic mass is 9.78. The normalized spacial score (nSPS) is 42.5. The van der Waals surface area contributed by atoms with Crippen molar-refractivity contribution in [2.45, 2.75) is 57.6 Å². The number of carbonyl (C=O) groups is 1. The Morgan fingerprint density at radius 1 is 1.25 bits per heavy atom. The van der Waals surface area contributed by atoms with Gasteiger partial charge in [0.15, 0.2) is 0 Å². The zero-order valence-corrected chi connectivity index (χ0v) is 12.5. The van der Waals surface area contributed by atoms with E-state index in [4.69, 9.17) is 5.73 Å². The highest BCUT2D eigenvalue weighted by Gasteiger charge is 2.44. The second-order valence-electron chi connectivity index (χ2n) is 7.29. The zero-order valence-electron chi connectivity index (χ0n) is 12.5. The molecule has 0 aromatic carbocycles. The highest BCUT2D eigenvalue weighted by Crippen LogP contribution is 2.39. The predicted octanol–water partition coefficient (Wildman–Crippen LogP) is 1.37. The smallest absolute Gasteiger partial charge is 0.225 e. The zero-order chi connectivity index (χ0) is 14.3. The third-order valence-corrected chi connectivity index (χ3v) is 5.98. The summed E-state index contributed by atoms with van der Waals surface area (Å²) in [6.07, 6.45) is 6.23. The molecule has 3 rings (SSSR count). The van der Waals surface area contributed by atoms with Crippen LogP contribution < -0.4 is 5.73 Å². The van der Waals surface area contributed by atoms with E-state index in [2.05, 4.69) is 6.92 Å². The van der Waals surface area contributed by atoms with Crippen LogP contribution in [0.15, 0.2) is 0 Å². The van der Waals surface area contributed by atoms with E-state index in [1.807, 2.05) is 4.90 Å². The molecular weight excluding hydrogens is 252 g/mol. The van der Waals surface area contributed by atoms with Gasteiger partial charge < -0.3 is 15.7 Å². The monoisotopic (exact) mass is 280 g/mol. The van der Waals surface area contributed by atoms with Crippen LogP contribution in [-0.4, -0.2) is 41.1 Å². The number of carbonyl (C=O) groups excluding carboxylic acids is 1. The molecule has 3 fully saturated rings. The average molecular weight is 280 g/mol. The maximum absolute atomic E-state index is 12.7. The van der Waals surface area contributed by atoms with Crippen LogP contribution in [0.25, 0.3) is 0 Å². The van der Waals surface area contributed by atoms with Crippen LogP contribution >= 0.6 is 0 Å². The van der Waals surface area contributed by atoms with Gasteiger partial charge in [0, 0.05) is 31.0 Å². The molecule has 0 bridgehead atoms. The third-order valence-electron chi connectivity index (χ3n) is 5.98. The maximum Gasteiger partial charge on any atom is 0.225 e. The van der Waals surface area contributed by atoms with E-state index in [0.29, 0.717) is 23.7 Å². The van der Waals surface area contributed by atoms with Crippen LogP contribution in [0.4, 0.5) is 0 Å². The lowest BCUT2D eigenvalue weighted by Crippen LogP contribution is -2.40. The van der Waals surface area contributed by atoms with E-state index in [0.717, 1.165) is 51.6 Å². The Kier molecular flexibility index (Phi) is 4.04. The first kappa shape index (κ1) is 14.3. The molecule has 0 aromatic heterocycles. The van der Waals surface area contributed by atoms with Crippen molar-refractivity contribution in [1.82, 2.24) is 4.90 Å². The molecule has 1 aliphatic heterocycles. The number of fused-ring (bicyclic) bond motifs is 1. The van der Waals surface area contributed by atoms with Gasteiger partial charge in [-0.05, 0) is 43.9 Å². The molecule has 114 valence electrons. The fourth-order valence-electron chi connectivity index (χ4n) is 4.63. The first-order chi connectivity index (χ1) is 9.56. The molecule has 0 aromatic rings. The van der Waals surface area contributed by atoms with Crippen LogP contribution in [0.5, 0.6) is 0 Å². The molecule has 0 spiro atoms. The van der Waals surface area contributed by atoms with Crippen molar-refractivity contribution in [3.8, 4) is 0 Å². The molecule has 1 saturated heterocycles. The Morgan fingerprint density at radius 3 is 2.75 bits per heavy atom. The molecule has 2 aliphatic carbocycles. The Labute approximate surface area is 121 Å². The number of aliphatic hydroxyl groups is 1. The number of hydrogen-bond acceptors (Lipinski definition) is 3. The lowest BCUT2D eigenvalue weighted by Gasteiger charge is -2.32. The second kappa shape index (κ2) is 5.64. The molecule has 2 saturated carbocycles. The number of hydrogen-bond donors (Lipinski definition) is 2. The fourth-order valence-corrected chi connectivity index (χ4v) is 4.63. The van der Waals surface area contributed by atoms with Crippen LogP contribution in [0, 0.1) is 23.7 Å². The van der Waals surface area contributed by atoms with Crippen molar-refractivity contribution in [2.75, 3.05) is 13.1 Å². The van der Waals surface area contributed by atoms with Gasteiger partial charge in [0.1, 0.15) is 0 Å². The Balaban J connectivity index is 1.59. The molecule has 0 radical (unpaired) electrons. The number of likely N-dealkylation sites (tertiary alicyclic amines) is 1. The van der Waals surface area contributed by atoms with E-state index in [1.165, 1.54) is 0 Å². The molecule has 6 atom stereocenters. The molecule has 4 heteroatoms. The summed E-state index contributed by atoms with van der Waals surface area (Å²) >= 11 is 0. The number of nitrogens with zero attached hydrogens (tertiary/aromatic N) is 1. The van der Waals surface area contributed by atoms with Crippen LogP contribution in [0.1, 0.15) is 45.4 Å². The van der Waals surface area contributed by atoms with Crippen LogP contribution in [-0.2, 0) is 4.79 Å². The second-order valence-corrected chi connectivity index (χ2v) is 7.29. The fraction of sp³-hybridized carbons (Fsp3) is 0.938. The minimum Gasteiger partial charge on any atom is -0.393 e. The molecule has 20 heavy (non-hydrogen) atoms. The number of amides is 1. The van der Waals surface area contributed by atoms with E-state index >= 15 is 0 Å². The van der Waals surface area contributed by atoms with E-state index in [-0.39, 0.29) is 18.1 Å². The number of rotatable bonds is 2. The number of aliphatic hydroxyl groups excluding tert-OH is 1. The first-order valence-electron chi connectivity index (χ1n) is 8.28. The summed E-state index contributed by atoms with van der Waals surface area (Å²) in [7, 11) is 0. The third kappa shape index (κ3) is 2.60.